The van der Waals surface area contributed by atoms with Gasteiger partial charge in [-0.3, -0.25) is 4.79 Å². The molecule has 0 amide bonds. The van der Waals surface area contributed by atoms with Crippen LogP contribution in [-0.4, -0.2) is 18.0 Å². The summed E-state index contributed by atoms with van der Waals surface area (Å²) < 4.78 is 35.2. The molecular formula is C9H16F3NO. The minimum absolute atomic E-state index is 0.479. The van der Waals surface area contributed by atoms with Crippen molar-refractivity contribution in [1.29, 1.82) is 0 Å². The predicted octanol–water partition coefficient (Wildman–Crippen LogP) is 2.42. The molecule has 0 aliphatic rings. The van der Waals surface area contributed by atoms with Crippen LogP contribution in [0.15, 0.2) is 0 Å². The molecule has 0 rings (SSSR count). The van der Waals surface area contributed by atoms with Crippen LogP contribution >= 0.6 is 0 Å². The lowest BCUT2D eigenvalue weighted by molar-refractivity contribution is -0.143. The van der Waals surface area contributed by atoms with Crippen LogP contribution in [0.4, 0.5) is 13.2 Å². The summed E-state index contributed by atoms with van der Waals surface area (Å²) in [6.45, 7) is 1.94. The van der Waals surface area contributed by atoms with E-state index in [4.69, 9.17) is 5.73 Å². The second kappa shape index (κ2) is 6.01. The Hall–Kier alpha value is -0.580. The first-order valence-electron chi connectivity index (χ1n) is 4.72. The number of carbonyl (C=O) groups excluding carboxylic acids is 1. The SMILES string of the molecule is CCCCC(N)C(=O)CCC(F)(F)F. The minimum atomic E-state index is -4.26. The average Bonchev–Trinajstić information content (AvgIpc) is 2.09. The first-order chi connectivity index (χ1) is 6.37. The molecule has 0 aliphatic heterocycles. The first-order valence-corrected chi connectivity index (χ1v) is 4.72. The standard InChI is InChI=1S/C9H16F3NO/c1-2-3-4-7(13)8(14)5-6-9(10,11)12/h7H,2-6,13H2,1H3. The highest BCUT2D eigenvalue weighted by atomic mass is 19.4. The van der Waals surface area contributed by atoms with Gasteiger partial charge in [0.1, 0.15) is 5.78 Å². The van der Waals surface area contributed by atoms with Crippen molar-refractivity contribution in [2.75, 3.05) is 0 Å². The van der Waals surface area contributed by atoms with Gasteiger partial charge in [0.2, 0.25) is 0 Å². The number of alkyl halides is 3. The van der Waals surface area contributed by atoms with E-state index in [-0.39, 0.29) is 0 Å². The van der Waals surface area contributed by atoms with Crippen molar-refractivity contribution in [2.45, 2.75) is 51.2 Å². The van der Waals surface area contributed by atoms with Gasteiger partial charge in [-0.1, -0.05) is 19.8 Å². The van der Waals surface area contributed by atoms with Crippen molar-refractivity contribution in [2.24, 2.45) is 5.73 Å². The topological polar surface area (TPSA) is 43.1 Å². The molecule has 1 atom stereocenters. The predicted molar refractivity (Wildman–Crippen MR) is 47.8 cm³/mol. The van der Waals surface area contributed by atoms with Crippen LogP contribution in [0.5, 0.6) is 0 Å². The van der Waals surface area contributed by atoms with Crippen LogP contribution in [0.2, 0.25) is 0 Å². The van der Waals surface area contributed by atoms with Crippen molar-refractivity contribution in [3.63, 3.8) is 0 Å². The Morgan fingerprint density at radius 1 is 1.43 bits per heavy atom. The van der Waals surface area contributed by atoms with Crippen LogP contribution in [0.3, 0.4) is 0 Å². The number of unbranched alkanes of at least 4 members (excludes halogenated alkanes) is 1. The van der Waals surface area contributed by atoms with Gasteiger partial charge < -0.3 is 5.73 Å². The van der Waals surface area contributed by atoms with E-state index in [0.717, 1.165) is 12.8 Å². The number of nitrogens with two attached hydrogens (primary N) is 1. The van der Waals surface area contributed by atoms with Crippen molar-refractivity contribution in [3.05, 3.63) is 0 Å². The molecule has 0 saturated carbocycles. The molecule has 0 aromatic heterocycles. The van der Waals surface area contributed by atoms with E-state index in [9.17, 15) is 18.0 Å². The van der Waals surface area contributed by atoms with Crippen LogP contribution < -0.4 is 5.73 Å². The third-order valence-corrected chi connectivity index (χ3v) is 1.94. The monoisotopic (exact) mass is 211 g/mol. The molecular weight excluding hydrogens is 195 g/mol. The number of carbonyl (C=O) groups is 1. The maximum atomic E-state index is 11.7. The lowest BCUT2D eigenvalue weighted by Crippen LogP contribution is -2.31. The Kier molecular flexibility index (Phi) is 5.76. The normalized spacial score (nSPS) is 14.1. The molecule has 14 heavy (non-hydrogen) atoms. The molecule has 2 N–H and O–H groups in total. The smallest absolute Gasteiger partial charge is 0.322 e. The highest BCUT2D eigenvalue weighted by Crippen LogP contribution is 2.21. The summed E-state index contributed by atoms with van der Waals surface area (Å²) in [5, 5.41) is 0. The van der Waals surface area contributed by atoms with Gasteiger partial charge in [0.15, 0.2) is 0 Å². The molecule has 0 radical (unpaired) electrons. The molecule has 0 aliphatic carbocycles. The van der Waals surface area contributed by atoms with E-state index in [2.05, 4.69) is 0 Å². The van der Waals surface area contributed by atoms with Gasteiger partial charge in [0, 0.05) is 6.42 Å². The number of halogens is 3. The van der Waals surface area contributed by atoms with Gasteiger partial charge in [-0.05, 0) is 6.42 Å². The molecule has 0 aromatic rings. The highest BCUT2D eigenvalue weighted by Gasteiger charge is 2.28. The Balaban J connectivity index is 3.73. The lowest BCUT2D eigenvalue weighted by Gasteiger charge is -2.10. The molecule has 0 fully saturated rings. The Morgan fingerprint density at radius 3 is 2.43 bits per heavy atom. The summed E-state index contributed by atoms with van der Waals surface area (Å²) in [5.74, 6) is -0.490. The van der Waals surface area contributed by atoms with Gasteiger partial charge in [-0.2, -0.15) is 13.2 Å². The number of rotatable bonds is 6. The fourth-order valence-corrected chi connectivity index (χ4v) is 1.04. The Labute approximate surface area is 81.7 Å². The lowest BCUT2D eigenvalue weighted by atomic mass is 10.0. The maximum Gasteiger partial charge on any atom is 0.389 e. The van der Waals surface area contributed by atoms with Crippen LogP contribution in [0.1, 0.15) is 39.0 Å². The Bertz CT molecular complexity index is 179. The van der Waals surface area contributed by atoms with Crippen LogP contribution in [0.25, 0.3) is 0 Å². The summed E-state index contributed by atoms with van der Waals surface area (Å²) in [4.78, 5) is 11.1. The summed E-state index contributed by atoms with van der Waals surface area (Å²) in [6.07, 6.45) is -3.67. The van der Waals surface area contributed by atoms with Crippen molar-refractivity contribution in [1.82, 2.24) is 0 Å². The molecule has 0 spiro atoms. The zero-order valence-electron chi connectivity index (χ0n) is 8.23. The summed E-state index contributed by atoms with van der Waals surface area (Å²) in [6, 6.07) is -0.725. The van der Waals surface area contributed by atoms with Crippen molar-refractivity contribution >= 4 is 5.78 Å². The molecule has 2 nitrogen and oxygen atoms in total. The number of ketones is 1. The largest absolute Gasteiger partial charge is 0.389 e. The molecule has 0 saturated heterocycles. The van der Waals surface area contributed by atoms with E-state index < -0.39 is 30.8 Å². The average molecular weight is 211 g/mol. The van der Waals surface area contributed by atoms with E-state index in [0.29, 0.717) is 6.42 Å². The van der Waals surface area contributed by atoms with Gasteiger partial charge in [0.25, 0.3) is 0 Å². The maximum absolute atomic E-state index is 11.7. The van der Waals surface area contributed by atoms with E-state index >= 15 is 0 Å². The first kappa shape index (κ1) is 13.4. The van der Waals surface area contributed by atoms with E-state index in [1.165, 1.54) is 0 Å². The van der Waals surface area contributed by atoms with Crippen LogP contribution in [-0.2, 0) is 4.79 Å². The third kappa shape index (κ3) is 6.88. The second-order valence-corrected chi connectivity index (χ2v) is 3.33. The van der Waals surface area contributed by atoms with E-state index in [1.54, 1.807) is 0 Å². The van der Waals surface area contributed by atoms with E-state index in [1.807, 2.05) is 6.92 Å². The van der Waals surface area contributed by atoms with Gasteiger partial charge in [-0.25, -0.2) is 0 Å². The summed E-state index contributed by atoms with van der Waals surface area (Å²) in [7, 11) is 0. The van der Waals surface area contributed by atoms with Gasteiger partial charge >= 0.3 is 6.18 Å². The number of hydrogen-bond acceptors (Lipinski definition) is 2. The number of hydrogen-bond donors (Lipinski definition) is 1. The number of Topliss-reactive ketones (excluding diaryl/α,β-unsaturated/α-hetero) is 1. The van der Waals surface area contributed by atoms with Gasteiger partial charge in [-0.15, -0.1) is 0 Å². The zero-order chi connectivity index (χ0) is 11.2. The molecule has 84 valence electrons. The van der Waals surface area contributed by atoms with Gasteiger partial charge in [0.05, 0.1) is 12.5 Å². The zero-order valence-corrected chi connectivity index (χ0v) is 8.23. The molecule has 5 heteroatoms. The van der Waals surface area contributed by atoms with Crippen LogP contribution in [0, 0.1) is 0 Å². The van der Waals surface area contributed by atoms with Crippen molar-refractivity contribution in [3.8, 4) is 0 Å². The fourth-order valence-electron chi connectivity index (χ4n) is 1.04. The highest BCUT2D eigenvalue weighted by molar-refractivity contribution is 5.83. The molecule has 0 bridgehead atoms. The third-order valence-electron chi connectivity index (χ3n) is 1.94. The molecule has 1 unspecified atom stereocenters. The molecule has 0 aromatic carbocycles. The van der Waals surface area contributed by atoms with Crippen molar-refractivity contribution < 1.29 is 18.0 Å². The summed E-state index contributed by atoms with van der Waals surface area (Å²) in [5.41, 5.74) is 5.42. The fraction of sp³-hybridized carbons (Fsp3) is 0.889. The molecule has 0 heterocycles. The minimum Gasteiger partial charge on any atom is -0.322 e. The Morgan fingerprint density at radius 2 is 2.00 bits per heavy atom. The summed E-state index contributed by atoms with van der Waals surface area (Å²) >= 11 is 0. The second-order valence-electron chi connectivity index (χ2n) is 3.33. The quantitative estimate of drug-likeness (QED) is 0.733.